The van der Waals surface area contributed by atoms with Crippen LogP contribution in [0.25, 0.3) is 11.0 Å². The molecule has 1 heterocycles. The van der Waals surface area contributed by atoms with E-state index in [1.54, 1.807) is 37.4 Å². The van der Waals surface area contributed by atoms with Crippen LogP contribution in [0.15, 0.2) is 71.1 Å². The zero-order valence-corrected chi connectivity index (χ0v) is 18.6. The van der Waals surface area contributed by atoms with E-state index in [4.69, 9.17) is 13.9 Å². The lowest BCUT2D eigenvalue weighted by Crippen LogP contribution is -2.18. The highest BCUT2D eigenvalue weighted by molar-refractivity contribution is 6.14. The van der Waals surface area contributed by atoms with E-state index in [-0.39, 0.29) is 18.1 Å². The van der Waals surface area contributed by atoms with Crippen molar-refractivity contribution in [2.45, 2.75) is 13.3 Å². The van der Waals surface area contributed by atoms with Crippen molar-refractivity contribution in [3.63, 3.8) is 0 Å². The van der Waals surface area contributed by atoms with Gasteiger partial charge in [-0.25, -0.2) is 0 Å². The minimum absolute atomic E-state index is 0.0393. The smallest absolute Gasteiger partial charge is 0.293 e. The lowest BCUT2D eigenvalue weighted by Gasteiger charge is -2.10. The molecule has 0 aliphatic carbocycles. The van der Waals surface area contributed by atoms with Crippen LogP contribution in [0, 0.1) is 6.92 Å². The summed E-state index contributed by atoms with van der Waals surface area (Å²) in [6.45, 7) is 1.97. The summed E-state index contributed by atoms with van der Waals surface area (Å²) in [5.41, 5.74) is 3.30. The van der Waals surface area contributed by atoms with Gasteiger partial charge < -0.3 is 24.5 Å². The normalized spacial score (nSPS) is 10.6. The number of carbonyl (C=O) groups is 2. The Morgan fingerprint density at radius 1 is 0.879 bits per heavy atom. The van der Waals surface area contributed by atoms with Crippen LogP contribution in [0.4, 0.5) is 11.4 Å². The number of ether oxygens (including phenoxy) is 2. The molecule has 0 spiro atoms. The first-order chi connectivity index (χ1) is 16.0. The van der Waals surface area contributed by atoms with E-state index in [1.807, 2.05) is 43.3 Å². The van der Waals surface area contributed by atoms with Crippen molar-refractivity contribution in [1.29, 1.82) is 0 Å². The minimum Gasteiger partial charge on any atom is -0.493 e. The minimum atomic E-state index is -0.448. The summed E-state index contributed by atoms with van der Waals surface area (Å²) in [6.07, 6.45) is 0.0822. The molecule has 2 amide bonds. The molecule has 0 atom stereocenters. The molecule has 7 heteroatoms. The second-order valence-electron chi connectivity index (χ2n) is 7.54. The predicted octanol–water partition coefficient (Wildman–Crippen LogP) is 5.19. The highest BCUT2D eigenvalue weighted by Gasteiger charge is 2.22. The lowest BCUT2D eigenvalue weighted by molar-refractivity contribution is -0.115. The van der Waals surface area contributed by atoms with Gasteiger partial charge in [-0.05, 0) is 48.9 Å². The number of methoxy groups -OCH3 is 2. The summed E-state index contributed by atoms with van der Waals surface area (Å²) in [5.74, 6) is 0.416. The third-order valence-electron chi connectivity index (χ3n) is 5.19. The average Bonchev–Trinajstić information content (AvgIpc) is 3.19. The maximum absolute atomic E-state index is 13.0. The Hall–Kier alpha value is -4.26. The van der Waals surface area contributed by atoms with Gasteiger partial charge in [0.25, 0.3) is 5.91 Å². The molecule has 168 valence electrons. The van der Waals surface area contributed by atoms with Crippen molar-refractivity contribution < 1.29 is 23.5 Å². The number of furan rings is 1. The molecule has 0 fully saturated rings. The quantitative estimate of drug-likeness (QED) is 0.409. The molecule has 0 aliphatic heterocycles. The molecule has 7 nitrogen and oxygen atoms in total. The highest BCUT2D eigenvalue weighted by atomic mass is 16.5. The Labute approximate surface area is 191 Å². The van der Waals surface area contributed by atoms with Crippen LogP contribution in [0.2, 0.25) is 0 Å². The Balaban J connectivity index is 1.59. The molecule has 0 saturated carbocycles. The van der Waals surface area contributed by atoms with Gasteiger partial charge >= 0.3 is 0 Å². The van der Waals surface area contributed by atoms with Gasteiger partial charge in [-0.3, -0.25) is 9.59 Å². The van der Waals surface area contributed by atoms with Crippen molar-refractivity contribution in [2.24, 2.45) is 0 Å². The fraction of sp³-hybridized carbons (Fsp3) is 0.154. The standard InChI is InChI=1S/C26H24N2O5/c1-16-8-11-18(12-9-16)27-26(30)25-24(19-6-4-5-7-20(19)33-25)28-23(29)15-17-10-13-21(31-2)22(14-17)32-3/h4-14H,15H2,1-3H3,(H,27,30)(H,28,29). The maximum atomic E-state index is 13.0. The number of nitrogens with one attached hydrogen (secondary N) is 2. The van der Waals surface area contributed by atoms with E-state index in [0.29, 0.717) is 33.8 Å². The number of rotatable bonds is 7. The Kier molecular flexibility index (Phi) is 6.31. The van der Waals surface area contributed by atoms with E-state index in [2.05, 4.69) is 10.6 Å². The molecule has 0 bridgehead atoms. The van der Waals surface area contributed by atoms with Gasteiger partial charge in [0.2, 0.25) is 11.7 Å². The van der Waals surface area contributed by atoms with Gasteiger partial charge in [-0.15, -0.1) is 0 Å². The number of aryl methyl sites for hydroxylation is 1. The summed E-state index contributed by atoms with van der Waals surface area (Å²) in [7, 11) is 3.09. The van der Waals surface area contributed by atoms with E-state index in [0.717, 1.165) is 11.1 Å². The maximum Gasteiger partial charge on any atom is 0.293 e. The molecule has 0 unspecified atom stereocenters. The molecular formula is C26H24N2O5. The lowest BCUT2D eigenvalue weighted by atomic mass is 10.1. The first kappa shape index (κ1) is 22.0. The number of anilines is 2. The highest BCUT2D eigenvalue weighted by Crippen LogP contribution is 2.32. The molecule has 33 heavy (non-hydrogen) atoms. The largest absolute Gasteiger partial charge is 0.493 e. The monoisotopic (exact) mass is 444 g/mol. The van der Waals surface area contributed by atoms with E-state index < -0.39 is 5.91 Å². The van der Waals surface area contributed by atoms with Crippen LogP contribution in [0.1, 0.15) is 21.7 Å². The third kappa shape index (κ3) is 4.82. The fourth-order valence-corrected chi connectivity index (χ4v) is 3.51. The van der Waals surface area contributed by atoms with Crippen molar-refractivity contribution in [3.8, 4) is 11.5 Å². The number of hydrogen-bond acceptors (Lipinski definition) is 5. The fourth-order valence-electron chi connectivity index (χ4n) is 3.51. The summed E-state index contributed by atoms with van der Waals surface area (Å²) >= 11 is 0. The zero-order chi connectivity index (χ0) is 23.4. The van der Waals surface area contributed by atoms with Gasteiger partial charge in [0.15, 0.2) is 11.5 Å². The van der Waals surface area contributed by atoms with E-state index in [9.17, 15) is 9.59 Å². The van der Waals surface area contributed by atoms with Crippen LogP contribution in [0.3, 0.4) is 0 Å². The van der Waals surface area contributed by atoms with Crippen LogP contribution in [-0.4, -0.2) is 26.0 Å². The van der Waals surface area contributed by atoms with Gasteiger partial charge in [0.05, 0.1) is 20.6 Å². The number of hydrogen-bond donors (Lipinski definition) is 2. The summed E-state index contributed by atoms with van der Waals surface area (Å²) in [4.78, 5) is 25.9. The Bertz CT molecular complexity index is 1310. The third-order valence-corrected chi connectivity index (χ3v) is 5.19. The molecule has 3 aromatic carbocycles. The van der Waals surface area contributed by atoms with Gasteiger partial charge in [0, 0.05) is 11.1 Å². The number of benzene rings is 3. The van der Waals surface area contributed by atoms with E-state index >= 15 is 0 Å². The summed E-state index contributed by atoms with van der Waals surface area (Å²) in [5, 5.41) is 6.33. The summed E-state index contributed by atoms with van der Waals surface area (Å²) in [6, 6.07) is 19.9. The number of para-hydroxylation sites is 1. The molecule has 2 N–H and O–H groups in total. The second kappa shape index (κ2) is 9.48. The molecule has 1 aromatic heterocycles. The predicted molar refractivity (Wildman–Crippen MR) is 127 cm³/mol. The second-order valence-corrected chi connectivity index (χ2v) is 7.54. The van der Waals surface area contributed by atoms with Crippen LogP contribution in [0.5, 0.6) is 11.5 Å². The Morgan fingerprint density at radius 3 is 2.33 bits per heavy atom. The van der Waals surface area contributed by atoms with Crippen molar-refractivity contribution >= 4 is 34.2 Å². The van der Waals surface area contributed by atoms with Crippen LogP contribution >= 0.6 is 0 Å². The Morgan fingerprint density at radius 2 is 1.61 bits per heavy atom. The molecular weight excluding hydrogens is 420 g/mol. The molecule has 0 radical (unpaired) electrons. The van der Waals surface area contributed by atoms with Crippen molar-refractivity contribution in [2.75, 3.05) is 24.9 Å². The topological polar surface area (TPSA) is 89.8 Å². The zero-order valence-electron chi connectivity index (χ0n) is 18.6. The first-order valence-electron chi connectivity index (χ1n) is 10.4. The van der Waals surface area contributed by atoms with Crippen LogP contribution in [-0.2, 0) is 11.2 Å². The molecule has 0 aliphatic rings. The number of carbonyl (C=O) groups excluding carboxylic acids is 2. The van der Waals surface area contributed by atoms with Crippen LogP contribution < -0.4 is 20.1 Å². The van der Waals surface area contributed by atoms with Crippen molar-refractivity contribution in [3.05, 3.63) is 83.6 Å². The first-order valence-corrected chi connectivity index (χ1v) is 10.4. The molecule has 4 aromatic rings. The van der Waals surface area contributed by atoms with Gasteiger partial charge in [-0.2, -0.15) is 0 Å². The molecule has 4 rings (SSSR count). The van der Waals surface area contributed by atoms with Crippen molar-refractivity contribution in [1.82, 2.24) is 0 Å². The summed E-state index contributed by atoms with van der Waals surface area (Å²) < 4.78 is 16.4. The van der Waals surface area contributed by atoms with E-state index in [1.165, 1.54) is 7.11 Å². The number of fused-ring (bicyclic) bond motifs is 1. The molecule has 0 saturated heterocycles. The SMILES string of the molecule is COc1ccc(CC(=O)Nc2c(C(=O)Nc3ccc(C)cc3)oc3ccccc23)cc1OC. The van der Waals surface area contributed by atoms with Gasteiger partial charge in [-0.1, -0.05) is 35.9 Å². The van der Waals surface area contributed by atoms with Gasteiger partial charge in [0.1, 0.15) is 11.3 Å². The average molecular weight is 444 g/mol. The number of amides is 2.